The molecule has 0 spiro atoms. The van der Waals surface area contributed by atoms with Crippen LogP contribution in [0.25, 0.3) is 0 Å². The summed E-state index contributed by atoms with van der Waals surface area (Å²) in [7, 11) is 1.70. The molecule has 0 bridgehead atoms. The molecule has 1 heterocycles. The fourth-order valence-electron chi connectivity index (χ4n) is 1.64. The van der Waals surface area contributed by atoms with Gasteiger partial charge in [0.1, 0.15) is 5.15 Å². The van der Waals surface area contributed by atoms with Crippen LogP contribution >= 0.6 is 11.6 Å². The molecule has 1 N–H and O–H groups in total. The second-order valence-electron chi connectivity index (χ2n) is 3.96. The van der Waals surface area contributed by atoms with Gasteiger partial charge in [0, 0.05) is 13.6 Å². The highest BCUT2D eigenvalue weighted by Gasteiger charge is 2.13. The molecular weight excluding hydrogens is 250 g/mol. The van der Waals surface area contributed by atoms with E-state index in [-0.39, 0.29) is 5.91 Å². The summed E-state index contributed by atoms with van der Waals surface area (Å²) in [6.45, 7) is 0.577. The summed E-state index contributed by atoms with van der Waals surface area (Å²) in [6.07, 6.45) is 2.27. The zero-order valence-electron chi connectivity index (χ0n) is 10.1. The van der Waals surface area contributed by atoms with Crippen molar-refractivity contribution in [1.29, 1.82) is 0 Å². The third-order valence-electron chi connectivity index (χ3n) is 2.65. The molecule has 0 saturated carbocycles. The number of amides is 1. The Bertz CT molecular complexity index is 536. The van der Waals surface area contributed by atoms with Crippen molar-refractivity contribution >= 4 is 17.5 Å². The van der Waals surface area contributed by atoms with E-state index in [2.05, 4.69) is 10.4 Å². The molecule has 0 fully saturated rings. The number of hydrogen-bond donors (Lipinski definition) is 1. The zero-order valence-corrected chi connectivity index (χ0v) is 10.8. The van der Waals surface area contributed by atoms with Crippen LogP contribution in [0.2, 0.25) is 5.15 Å². The van der Waals surface area contributed by atoms with E-state index < -0.39 is 0 Å². The molecular formula is C13H14ClN3O. The molecule has 1 aromatic carbocycles. The second-order valence-corrected chi connectivity index (χ2v) is 4.32. The van der Waals surface area contributed by atoms with E-state index >= 15 is 0 Å². The molecule has 0 unspecified atom stereocenters. The van der Waals surface area contributed by atoms with Crippen LogP contribution in [0.3, 0.4) is 0 Å². The van der Waals surface area contributed by atoms with Gasteiger partial charge in [-0.3, -0.25) is 9.48 Å². The van der Waals surface area contributed by atoms with Gasteiger partial charge in [0.2, 0.25) is 0 Å². The standard InChI is InChI=1S/C13H14ClN3O/c1-17-12(14)11(9-16-17)13(18)15-8-7-10-5-3-2-4-6-10/h2-6,9H,7-8H2,1H3,(H,15,18). The Labute approximate surface area is 111 Å². The summed E-state index contributed by atoms with van der Waals surface area (Å²) in [5.74, 6) is -0.191. The molecule has 5 heteroatoms. The maximum absolute atomic E-state index is 11.8. The van der Waals surface area contributed by atoms with Crippen molar-refractivity contribution in [2.75, 3.05) is 6.54 Å². The number of nitrogens with one attached hydrogen (secondary N) is 1. The van der Waals surface area contributed by atoms with Crippen molar-refractivity contribution in [1.82, 2.24) is 15.1 Å². The number of nitrogens with zero attached hydrogens (tertiary/aromatic N) is 2. The molecule has 18 heavy (non-hydrogen) atoms. The lowest BCUT2D eigenvalue weighted by Crippen LogP contribution is -2.25. The van der Waals surface area contributed by atoms with E-state index in [1.807, 2.05) is 30.3 Å². The molecule has 2 rings (SSSR count). The lowest BCUT2D eigenvalue weighted by Gasteiger charge is -2.04. The predicted molar refractivity (Wildman–Crippen MR) is 70.7 cm³/mol. The number of halogens is 1. The largest absolute Gasteiger partial charge is 0.352 e. The smallest absolute Gasteiger partial charge is 0.256 e. The third-order valence-corrected chi connectivity index (χ3v) is 3.10. The number of aryl methyl sites for hydroxylation is 1. The van der Waals surface area contributed by atoms with Crippen molar-refractivity contribution < 1.29 is 4.79 Å². The van der Waals surface area contributed by atoms with Gasteiger partial charge in [-0.05, 0) is 12.0 Å². The number of aromatic nitrogens is 2. The summed E-state index contributed by atoms with van der Waals surface area (Å²) >= 11 is 5.94. The van der Waals surface area contributed by atoms with E-state index in [4.69, 9.17) is 11.6 Å². The molecule has 1 amide bonds. The van der Waals surface area contributed by atoms with Gasteiger partial charge in [-0.25, -0.2) is 0 Å². The zero-order chi connectivity index (χ0) is 13.0. The van der Waals surface area contributed by atoms with Crippen LogP contribution in [0.5, 0.6) is 0 Å². The Morgan fingerprint density at radius 1 is 1.39 bits per heavy atom. The minimum Gasteiger partial charge on any atom is -0.352 e. The Kier molecular flexibility index (Phi) is 3.99. The van der Waals surface area contributed by atoms with E-state index in [1.54, 1.807) is 7.05 Å². The summed E-state index contributed by atoms with van der Waals surface area (Å²) in [4.78, 5) is 11.8. The number of carbonyl (C=O) groups is 1. The van der Waals surface area contributed by atoms with Crippen LogP contribution < -0.4 is 5.32 Å². The Hall–Kier alpha value is -1.81. The van der Waals surface area contributed by atoms with E-state index in [1.165, 1.54) is 16.4 Å². The van der Waals surface area contributed by atoms with Crippen molar-refractivity contribution in [3.8, 4) is 0 Å². The van der Waals surface area contributed by atoms with Gasteiger partial charge in [0.05, 0.1) is 11.8 Å². The first-order valence-corrected chi connectivity index (χ1v) is 6.06. The molecule has 0 aliphatic heterocycles. The molecule has 0 atom stereocenters. The van der Waals surface area contributed by atoms with Gasteiger partial charge < -0.3 is 5.32 Å². The third kappa shape index (κ3) is 2.90. The normalized spacial score (nSPS) is 10.3. The quantitative estimate of drug-likeness (QED) is 0.918. The molecule has 94 valence electrons. The fraction of sp³-hybridized carbons (Fsp3) is 0.231. The Balaban J connectivity index is 1.88. The first-order chi connectivity index (χ1) is 8.68. The highest BCUT2D eigenvalue weighted by molar-refractivity contribution is 6.32. The Morgan fingerprint density at radius 3 is 2.72 bits per heavy atom. The van der Waals surface area contributed by atoms with Crippen LogP contribution in [0.15, 0.2) is 36.5 Å². The average molecular weight is 264 g/mol. The number of carbonyl (C=O) groups excluding carboxylic acids is 1. The first kappa shape index (κ1) is 12.6. The SMILES string of the molecule is Cn1ncc(C(=O)NCCc2ccccc2)c1Cl. The van der Waals surface area contributed by atoms with E-state index in [0.717, 1.165) is 6.42 Å². The van der Waals surface area contributed by atoms with Gasteiger partial charge in [0.15, 0.2) is 0 Å². The van der Waals surface area contributed by atoms with Crippen LogP contribution in [0, 0.1) is 0 Å². The van der Waals surface area contributed by atoms with Crippen LogP contribution in [0.1, 0.15) is 15.9 Å². The van der Waals surface area contributed by atoms with Crippen molar-refractivity contribution in [3.05, 3.63) is 52.8 Å². The predicted octanol–water partition coefficient (Wildman–Crippen LogP) is 2.05. The maximum Gasteiger partial charge on any atom is 0.256 e. The minimum absolute atomic E-state index is 0.191. The van der Waals surface area contributed by atoms with E-state index in [0.29, 0.717) is 17.3 Å². The van der Waals surface area contributed by atoms with Crippen LogP contribution in [-0.2, 0) is 13.5 Å². The minimum atomic E-state index is -0.191. The second kappa shape index (κ2) is 5.69. The Morgan fingerprint density at radius 2 is 2.11 bits per heavy atom. The van der Waals surface area contributed by atoms with Crippen molar-refractivity contribution in [3.63, 3.8) is 0 Å². The summed E-state index contributed by atoms with van der Waals surface area (Å²) < 4.78 is 1.47. The molecule has 0 aliphatic rings. The monoisotopic (exact) mass is 263 g/mol. The van der Waals surface area contributed by atoms with Crippen molar-refractivity contribution in [2.24, 2.45) is 7.05 Å². The lowest BCUT2D eigenvalue weighted by atomic mass is 10.1. The molecule has 0 radical (unpaired) electrons. The number of rotatable bonds is 4. The van der Waals surface area contributed by atoms with Gasteiger partial charge in [-0.1, -0.05) is 41.9 Å². The van der Waals surface area contributed by atoms with Gasteiger partial charge in [-0.15, -0.1) is 0 Å². The summed E-state index contributed by atoms with van der Waals surface area (Å²) in [6, 6.07) is 9.99. The lowest BCUT2D eigenvalue weighted by molar-refractivity contribution is 0.0954. The summed E-state index contributed by atoms with van der Waals surface area (Å²) in [5, 5.41) is 7.11. The molecule has 2 aromatic rings. The van der Waals surface area contributed by atoms with Gasteiger partial charge in [-0.2, -0.15) is 5.10 Å². The van der Waals surface area contributed by atoms with E-state index in [9.17, 15) is 4.79 Å². The molecule has 0 aliphatic carbocycles. The molecule has 0 saturated heterocycles. The maximum atomic E-state index is 11.8. The molecule has 1 aromatic heterocycles. The highest BCUT2D eigenvalue weighted by Crippen LogP contribution is 2.13. The number of hydrogen-bond acceptors (Lipinski definition) is 2. The first-order valence-electron chi connectivity index (χ1n) is 5.68. The van der Waals surface area contributed by atoms with Crippen LogP contribution in [0.4, 0.5) is 0 Å². The van der Waals surface area contributed by atoms with Gasteiger partial charge >= 0.3 is 0 Å². The van der Waals surface area contributed by atoms with Gasteiger partial charge in [0.25, 0.3) is 5.91 Å². The number of benzene rings is 1. The summed E-state index contributed by atoms with van der Waals surface area (Å²) in [5.41, 5.74) is 1.60. The topological polar surface area (TPSA) is 46.9 Å². The van der Waals surface area contributed by atoms with Crippen LogP contribution in [-0.4, -0.2) is 22.2 Å². The average Bonchev–Trinajstić information content (AvgIpc) is 2.71. The highest BCUT2D eigenvalue weighted by atomic mass is 35.5. The fourth-order valence-corrected chi connectivity index (χ4v) is 1.81. The molecule has 4 nitrogen and oxygen atoms in total. The van der Waals surface area contributed by atoms with Crippen molar-refractivity contribution in [2.45, 2.75) is 6.42 Å².